The van der Waals surface area contributed by atoms with Gasteiger partial charge in [-0.25, -0.2) is 12.7 Å². The Morgan fingerprint density at radius 1 is 0.903 bits per heavy atom. The predicted octanol–water partition coefficient (Wildman–Crippen LogP) is 3.54. The number of nitrogens with zero attached hydrogens (tertiary/aromatic N) is 5. The fraction of sp³-hybridized carbons (Fsp3) is 0.136. The first-order chi connectivity index (χ1) is 14.8. The zero-order valence-corrected chi connectivity index (χ0v) is 18.2. The topological polar surface area (TPSA) is 93.0 Å². The van der Waals surface area contributed by atoms with Crippen molar-refractivity contribution < 1.29 is 8.42 Å². The monoisotopic (exact) mass is 434 g/mol. The number of nitrogens with one attached hydrogen (secondary N) is 1. The van der Waals surface area contributed by atoms with Crippen molar-refractivity contribution in [1.82, 2.24) is 24.5 Å². The summed E-state index contributed by atoms with van der Waals surface area (Å²) >= 11 is 0. The molecular formula is C22H22N6O2S. The number of sulfonamides is 1. The molecule has 0 amide bonds. The first-order valence-electron chi connectivity index (χ1n) is 9.58. The van der Waals surface area contributed by atoms with Gasteiger partial charge in [-0.3, -0.25) is 0 Å². The molecule has 0 saturated heterocycles. The van der Waals surface area contributed by atoms with Crippen LogP contribution in [0, 0.1) is 0 Å². The van der Waals surface area contributed by atoms with Gasteiger partial charge >= 0.3 is 0 Å². The second-order valence-corrected chi connectivity index (χ2v) is 9.32. The van der Waals surface area contributed by atoms with E-state index in [1.165, 1.54) is 23.2 Å². The third kappa shape index (κ3) is 4.32. The van der Waals surface area contributed by atoms with Crippen molar-refractivity contribution in [3.63, 3.8) is 0 Å². The third-order valence-corrected chi connectivity index (χ3v) is 6.60. The van der Waals surface area contributed by atoms with Gasteiger partial charge in [0.15, 0.2) is 0 Å². The second-order valence-electron chi connectivity index (χ2n) is 7.17. The lowest BCUT2D eigenvalue weighted by Gasteiger charge is -2.15. The van der Waals surface area contributed by atoms with Gasteiger partial charge in [-0.2, -0.15) is 4.80 Å². The van der Waals surface area contributed by atoms with Gasteiger partial charge in [0, 0.05) is 31.0 Å². The van der Waals surface area contributed by atoms with Crippen LogP contribution in [0.1, 0.15) is 0 Å². The van der Waals surface area contributed by atoms with E-state index in [1.807, 2.05) is 42.5 Å². The molecule has 0 aliphatic rings. The van der Waals surface area contributed by atoms with Crippen molar-refractivity contribution in [3.8, 4) is 22.5 Å². The van der Waals surface area contributed by atoms with Crippen molar-refractivity contribution >= 4 is 21.4 Å². The number of tetrazole rings is 1. The minimum absolute atomic E-state index is 0.157. The predicted molar refractivity (Wildman–Crippen MR) is 120 cm³/mol. The second kappa shape index (κ2) is 8.29. The van der Waals surface area contributed by atoms with Crippen molar-refractivity contribution in [2.24, 2.45) is 7.05 Å². The Hall–Kier alpha value is -3.56. The van der Waals surface area contributed by atoms with Crippen molar-refractivity contribution in [2.75, 3.05) is 19.4 Å². The Kier molecular flexibility index (Phi) is 5.53. The lowest BCUT2D eigenvalue weighted by Crippen LogP contribution is -2.22. The molecular weight excluding hydrogens is 412 g/mol. The maximum Gasteiger partial charge on any atom is 0.242 e. The molecule has 0 unspecified atom stereocenters. The molecule has 0 saturated carbocycles. The summed E-state index contributed by atoms with van der Waals surface area (Å²) in [6.07, 6.45) is 0. The van der Waals surface area contributed by atoms with Crippen LogP contribution >= 0.6 is 0 Å². The molecule has 4 rings (SSSR count). The van der Waals surface area contributed by atoms with Crippen LogP contribution < -0.4 is 5.32 Å². The highest BCUT2D eigenvalue weighted by Gasteiger charge is 2.21. The minimum atomic E-state index is -3.60. The molecule has 0 bridgehead atoms. The molecule has 0 fully saturated rings. The number of aryl methyl sites for hydroxylation is 1. The van der Waals surface area contributed by atoms with Crippen LogP contribution in [0.5, 0.6) is 0 Å². The smallest absolute Gasteiger partial charge is 0.242 e. The summed E-state index contributed by atoms with van der Waals surface area (Å²) < 4.78 is 26.4. The van der Waals surface area contributed by atoms with E-state index >= 15 is 0 Å². The van der Waals surface area contributed by atoms with E-state index in [9.17, 15) is 8.42 Å². The molecule has 3 aromatic carbocycles. The maximum atomic E-state index is 12.6. The largest absolute Gasteiger partial charge is 0.355 e. The van der Waals surface area contributed by atoms with Gasteiger partial charge < -0.3 is 5.32 Å². The minimum Gasteiger partial charge on any atom is -0.355 e. The normalized spacial score (nSPS) is 11.6. The molecule has 31 heavy (non-hydrogen) atoms. The Bertz CT molecular complexity index is 1300. The number of anilines is 2. The summed E-state index contributed by atoms with van der Waals surface area (Å²) in [7, 11) is 1.05. The van der Waals surface area contributed by atoms with Gasteiger partial charge in [0.1, 0.15) is 0 Å². The first-order valence-corrected chi connectivity index (χ1v) is 11.0. The lowest BCUT2D eigenvalue weighted by molar-refractivity contribution is 0.521. The molecule has 0 aliphatic heterocycles. The molecule has 1 aromatic heterocycles. The van der Waals surface area contributed by atoms with E-state index < -0.39 is 10.0 Å². The van der Waals surface area contributed by atoms with Crippen molar-refractivity contribution in [2.45, 2.75) is 4.90 Å². The Morgan fingerprint density at radius 3 is 2.19 bits per heavy atom. The molecule has 4 aromatic rings. The van der Waals surface area contributed by atoms with E-state index in [0.717, 1.165) is 16.8 Å². The Balaban J connectivity index is 1.71. The molecule has 0 aliphatic carbocycles. The van der Waals surface area contributed by atoms with Gasteiger partial charge in [-0.15, -0.1) is 10.2 Å². The first kappa shape index (κ1) is 20.7. The summed E-state index contributed by atoms with van der Waals surface area (Å²) in [6, 6.07) is 23.0. The Labute approximate surface area is 181 Å². The van der Waals surface area contributed by atoms with Gasteiger partial charge in [-0.05, 0) is 46.7 Å². The third-order valence-electron chi connectivity index (χ3n) is 4.79. The molecule has 9 heteroatoms. The quantitative estimate of drug-likeness (QED) is 0.499. The van der Waals surface area contributed by atoms with Crippen LogP contribution in [0.4, 0.5) is 11.4 Å². The maximum absolute atomic E-state index is 12.6. The number of benzene rings is 3. The van der Waals surface area contributed by atoms with Crippen LogP contribution in [0.25, 0.3) is 22.5 Å². The average molecular weight is 435 g/mol. The average Bonchev–Trinajstić information content (AvgIpc) is 3.21. The van der Waals surface area contributed by atoms with Crippen LogP contribution in [-0.4, -0.2) is 47.0 Å². The zero-order chi connectivity index (χ0) is 22.0. The van der Waals surface area contributed by atoms with E-state index in [-0.39, 0.29) is 4.90 Å². The highest BCUT2D eigenvalue weighted by atomic mass is 32.2. The standard InChI is InChI=1S/C22H22N6O2S/c1-27(2)31(29,30)19-13-14-21(20(15-19)22-24-26-28(3)25-22)23-18-11-9-17(10-12-18)16-7-5-4-6-8-16/h4-15,23H,1-3H3. The van der Waals surface area contributed by atoms with E-state index in [4.69, 9.17) is 0 Å². The highest BCUT2D eigenvalue weighted by molar-refractivity contribution is 7.89. The van der Waals surface area contributed by atoms with Crippen LogP contribution in [0.3, 0.4) is 0 Å². The molecule has 1 N–H and O–H groups in total. The van der Waals surface area contributed by atoms with Gasteiger partial charge in [0.05, 0.1) is 11.9 Å². The summed E-state index contributed by atoms with van der Waals surface area (Å²) in [5.74, 6) is 0.335. The Morgan fingerprint density at radius 2 is 1.58 bits per heavy atom. The molecule has 0 radical (unpaired) electrons. The SMILES string of the molecule is CN(C)S(=O)(=O)c1ccc(Nc2ccc(-c3ccccc3)cc2)c(-c2nnn(C)n2)c1. The summed E-state index contributed by atoms with van der Waals surface area (Å²) in [5.41, 5.74) is 4.32. The number of rotatable bonds is 6. The summed E-state index contributed by atoms with van der Waals surface area (Å²) in [6.45, 7) is 0. The zero-order valence-electron chi connectivity index (χ0n) is 17.4. The highest BCUT2D eigenvalue weighted by Crippen LogP contribution is 2.32. The van der Waals surface area contributed by atoms with Gasteiger partial charge in [-0.1, -0.05) is 42.5 Å². The van der Waals surface area contributed by atoms with Crippen LogP contribution in [-0.2, 0) is 17.1 Å². The van der Waals surface area contributed by atoms with E-state index in [2.05, 4.69) is 32.9 Å². The van der Waals surface area contributed by atoms with Crippen LogP contribution in [0.15, 0.2) is 77.7 Å². The fourth-order valence-corrected chi connectivity index (χ4v) is 4.04. The van der Waals surface area contributed by atoms with Crippen LogP contribution in [0.2, 0.25) is 0 Å². The van der Waals surface area contributed by atoms with Gasteiger partial charge in [0.2, 0.25) is 15.8 Å². The molecule has 1 heterocycles. The number of aromatic nitrogens is 4. The lowest BCUT2D eigenvalue weighted by atomic mass is 10.1. The van der Waals surface area contributed by atoms with E-state index in [0.29, 0.717) is 17.1 Å². The van der Waals surface area contributed by atoms with Crippen molar-refractivity contribution in [1.29, 1.82) is 0 Å². The summed E-state index contributed by atoms with van der Waals surface area (Å²) in [4.78, 5) is 1.49. The molecule has 0 atom stereocenters. The van der Waals surface area contributed by atoms with E-state index in [1.54, 1.807) is 25.2 Å². The fourth-order valence-electron chi connectivity index (χ4n) is 3.11. The summed E-state index contributed by atoms with van der Waals surface area (Å²) in [5, 5.41) is 15.5. The molecule has 158 valence electrons. The number of hydrogen-bond donors (Lipinski definition) is 1. The molecule has 0 spiro atoms. The number of hydrogen-bond acceptors (Lipinski definition) is 6. The molecule has 8 nitrogen and oxygen atoms in total. The van der Waals surface area contributed by atoms with Crippen molar-refractivity contribution in [3.05, 3.63) is 72.8 Å². The van der Waals surface area contributed by atoms with Gasteiger partial charge in [0.25, 0.3) is 0 Å².